The number of aliphatic imine (C=N–C) groups is 1. The van der Waals surface area contributed by atoms with Crippen LogP contribution in [0.4, 0.5) is 0 Å². The summed E-state index contributed by atoms with van der Waals surface area (Å²) in [7, 11) is 0. The van der Waals surface area contributed by atoms with Crippen LogP contribution in [0.2, 0.25) is 0 Å². The fourth-order valence-electron chi connectivity index (χ4n) is 2.94. The van der Waals surface area contributed by atoms with E-state index in [9.17, 15) is 9.90 Å². The number of hydrogen-bond donors (Lipinski definition) is 3. The number of aromatic amines is 2. The summed E-state index contributed by atoms with van der Waals surface area (Å²) in [6.07, 6.45) is 4.93. The van der Waals surface area contributed by atoms with E-state index in [2.05, 4.69) is 21.0 Å². The molecule has 0 saturated carbocycles. The third-order valence-corrected chi connectivity index (χ3v) is 4.89. The van der Waals surface area contributed by atoms with Gasteiger partial charge in [-0.15, -0.1) is 0 Å². The number of rotatable bonds is 6. The summed E-state index contributed by atoms with van der Waals surface area (Å²) in [4.78, 5) is 22.3. The Hall–Kier alpha value is -2.67. The molecule has 1 atom stereocenters. The minimum Gasteiger partial charge on any atom is -0.494 e. The van der Waals surface area contributed by atoms with Crippen molar-refractivity contribution in [2.75, 3.05) is 6.54 Å². The van der Waals surface area contributed by atoms with Crippen LogP contribution >= 0.6 is 12.2 Å². The van der Waals surface area contributed by atoms with Crippen molar-refractivity contribution in [2.24, 2.45) is 4.99 Å². The normalized spacial score (nSPS) is 12.8. The van der Waals surface area contributed by atoms with Crippen molar-refractivity contribution < 1.29 is 5.11 Å². The lowest BCUT2D eigenvalue weighted by atomic mass is 10.1. The molecule has 1 aromatic carbocycles. The lowest BCUT2D eigenvalue weighted by Gasteiger charge is -2.16. The molecule has 3 N–H and O–H groups in total. The molecule has 0 unspecified atom stereocenters. The predicted octanol–water partition coefficient (Wildman–Crippen LogP) is 3.73. The van der Waals surface area contributed by atoms with Gasteiger partial charge in [-0.3, -0.25) is 19.3 Å². The zero-order valence-corrected chi connectivity index (χ0v) is 15.6. The van der Waals surface area contributed by atoms with Gasteiger partial charge < -0.3 is 10.1 Å². The van der Waals surface area contributed by atoms with Crippen molar-refractivity contribution >= 4 is 29.3 Å². The molecule has 136 valence electrons. The number of fused-ring (bicyclic) bond motifs is 1. The van der Waals surface area contributed by atoms with Gasteiger partial charge in [-0.25, -0.2) is 0 Å². The van der Waals surface area contributed by atoms with Crippen molar-refractivity contribution in [1.82, 2.24) is 14.5 Å². The summed E-state index contributed by atoms with van der Waals surface area (Å²) in [5.41, 5.74) is 1.98. The standard InChI is InChI=1S/C19H22N4O2S/c1-3-12(2)23-18(25)15(17(24)22-19(23)26)11-20-9-8-13-10-21-16-7-5-4-6-14(13)16/h4-7,10-12,21,25H,3,8-9H2,1-2H3,(H,22,24,26)/t12-/m1/s1. The number of H-pyrrole nitrogens is 2. The van der Waals surface area contributed by atoms with E-state index < -0.39 is 5.56 Å². The summed E-state index contributed by atoms with van der Waals surface area (Å²) in [6, 6.07) is 8.08. The maximum atomic E-state index is 12.1. The van der Waals surface area contributed by atoms with Gasteiger partial charge in [0.25, 0.3) is 5.56 Å². The molecule has 0 aliphatic carbocycles. The summed E-state index contributed by atoms with van der Waals surface area (Å²) >= 11 is 5.16. The number of para-hydroxylation sites is 1. The highest BCUT2D eigenvalue weighted by Gasteiger charge is 2.14. The van der Waals surface area contributed by atoms with E-state index in [1.54, 1.807) is 4.57 Å². The lowest BCUT2D eigenvalue weighted by molar-refractivity contribution is 0.371. The molecule has 0 fully saturated rings. The largest absolute Gasteiger partial charge is 0.494 e. The average Bonchev–Trinajstić information content (AvgIpc) is 3.03. The molecule has 2 heterocycles. The van der Waals surface area contributed by atoms with Gasteiger partial charge in [-0.1, -0.05) is 25.1 Å². The monoisotopic (exact) mass is 370 g/mol. The Bertz CT molecular complexity index is 1060. The number of nitrogens with zero attached hydrogens (tertiary/aromatic N) is 2. The van der Waals surface area contributed by atoms with E-state index in [4.69, 9.17) is 12.2 Å². The van der Waals surface area contributed by atoms with Gasteiger partial charge >= 0.3 is 0 Å². The molecule has 3 rings (SSSR count). The van der Waals surface area contributed by atoms with Crippen LogP contribution in [0, 0.1) is 4.77 Å². The van der Waals surface area contributed by atoms with Crippen LogP contribution in [-0.4, -0.2) is 32.4 Å². The van der Waals surface area contributed by atoms with Crippen molar-refractivity contribution in [3.8, 4) is 5.88 Å². The summed E-state index contributed by atoms with van der Waals surface area (Å²) < 4.78 is 1.77. The maximum Gasteiger partial charge on any atom is 0.264 e. The van der Waals surface area contributed by atoms with Gasteiger partial charge in [0.1, 0.15) is 5.56 Å². The van der Waals surface area contributed by atoms with Gasteiger partial charge in [-0.2, -0.15) is 0 Å². The zero-order chi connectivity index (χ0) is 18.7. The molecule has 0 bridgehead atoms. The van der Waals surface area contributed by atoms with Crippen LogP contribution in [0.15, 0.2) is 40.2 Å². The third kappa shape index (κ3) is 3.48. The molecular weight excluding hydrogens is 348 g/mol. The molecule has 6 nitrogen and oxygen atoms in total. The van der Waals surface area contributed by atoms with Gasteiger partial charge in [0.05, 0.1) is 0 Å². The van der Waals surface area contributed by atoms with E-state index in [1.807, 2.05) is 38.2 Å². The second kappa shape index (κ2) is 7.70. The Morgan fingerprint density at radius 1 is 1.38 bits per heavy atom. The van der Waals surface area contributed by atoms with Crippen molar-refractivity contribution in [1.29, 1.82) is 0 Å². The second-order valence-corrected chi connectivity index (χ2v) is 6.66. The minimum absolute atomic E-state index is 0.0160. The molecule has 0 spiro atoms. The van der Waals surface area contributed by atoms with Crippen LogP contribution in [0.3, 0.4) is 0 Å². The van der Waals surface area contributed by atoms with Crippen LogP contribution in [0.1, 0.15) is 37.4 Å². The second-order valence-electron chi connectivity index (χ2n) is 6.27. The lowest BCUT2D eigenvalue weighted by Crippen LogP contribution is -2.20. The topological polar surface area (TPSA) is 86.2 Å². The van der Waals surface area contributed by atoms with Crippen molar-refractivity contribution in [3.63, 3.8) is 0 Å². The first-order chi connectivity index (χ1) is 12.5. The van der Waals surface area contributed by atoms with E-state index in [0.29, 0.717) is 6.54 Å². The van der Waals surface area contributed by atoms with E-state index >= 15 is 0 Å². The zero-order valence-electron chi connectivity index (χ0n) is 14.8. The molecule has 0 amide bonds. The smallest absolute Gasteiger partial charge is 0.264 e. The number of hydrogen-bond acceptors (Lipinski definition) is 4. The maximum absolute atomic E-state index is 12.1. The molecule has 2 aromatic heterocycles. The first-order valence-corrected chi connectivity index (χ1v) is 9.06. The van der Waals surface area contributed by atoms with E-state index in [-0.39, 0.29) is 22.3 Å². The molecule has 0 aliphatic heterocycles. The number of aromatic nitrogens is 3. The van der Waals surface area contributed by atoms with Crippen molar-refractivity contribution in [3.05, 3.63) is 56.7 Å². The molecule has 7 heteroatoms. The van der Waals surface area contributed by atoms with Crippen LogP contribution < -0.4 is 5.56 Å². The van der Waals surface area contributed by atoms with Gasteiger partial charge in [0.15, 0.2) is 4.77 Å². The molecule has 0 radical (unpaired) electrons. The van der Waals surface area contributed by atoms with Gasteiger partial charge in [0.2, 0.25) is 5.88 Å². The highest BCUT2D eigenvalue weighted by Crippen LogP contribution is 2.20. The molecule has 3 aromatic rings. The third-order valence-electron chi connectivity index (χ3n) is 4.59. The quantitative estimate of drug-likeness (QED) is 0.456. The number of benzene rings is 1. The SMILES string of the molecule is CC[C@@H](C)n1c(O)c(C=NCCc2c[nH]c3ccccc23)c(=O)[nH]c1=S. The Morgan fingerprint density at radius 3 is 2.92 bits per heavy atom. The summed E-state index contributed by atoms with van der Waals surface area (Å²) in [5.74, 6) is -0.135. The first kappa shape index (κ1) is 18.1. The van der Waals surface area contributed by atoms with Crippen molar-refractivity contribution in [2.45, 2.75) is 32.7 Å². The molecule has 0 aliphatic rings. The Balaban J connectivity index is 1.80. The van der Waals surface area contributed by atoms with Crippen LogP contribution in [-0.2, 0) is 6.42 Å². The molecular formula is C19H22N4O2S. The van der Waals surface area contributed by atoms with Gasteiger partial charge in [-0.05, 0) is 43.6 Å². The minimum atomic E-state index is -0.428. The van der Waals surface area contributed by atoms with E-state index in [0.717, 1.165) is 18.4 Å². The number of aromatic hydroxyl groups is 1. The fourth-order valence-corrected chi connectivity index (χ4v) is 3.30. The fraction of sp³-hybridized carbons (Fsp3) is 0.316. The predicted molar refractivity (Wildman–Crippen MR) is 107 cm³/mol. The van der Waals surface area contributed by atoms with E-state index in [1.165, 1.54) is 17.2 Å². The Morgan fingerprint density at radius 2 is 2.15 bits per heavy atom. The highest BCUT2D eigenvalue weighted by molar-refractivity contribution is 7.71. The Kier molecular flexibility index (Phi) is 5.37. The summed E-state index contributed by atoms with van der Waals surface area (Å²) in [5, 5.41) is 11.6. The highest BCUT2D eigenvalue weighted by atomic mass is 32.1. The van der Waals surface area contributed by atoms with Crippen LogP contribution in [0.5, 0.6) is 5.88 Å². The molecule has 26 heavy (non-hydrogen) atoms. The Labute approximate surface area is 156 Å². The first-order valence-electron chi connectivity index (χ1n) is 8.65. The van der Waals surface area contributed by atoms with Crippen LogP contribution in [0.25, 0.3) is 10.9 Å². The van der Waals surface area contributed by atoms with Gasteiger partial charge in [0, 0.05) is 35.9 Å². The summed E-state index contributed by atoms with van der Waals surface area (Å²) in [6.45, 7) is 4.44. The number of nitrogens with one attached hydrogen (secondary N) is 2. The average molecular weight is 370 g/mol. The molecule has 0 saturated heterocycles.